The van der Waals surface area contributed by atoms with Crippen LogP contribution in [0.3, 0.4) is 0 Å². The average Bonchev–Trinajstić information content (AvgIpc) is 1.89. The van der Waals surface area contributed by atoms with Crippen molar-refractivity contribution in [3.63, 3.8) is 0 Å². The predicted octanol–water partition coefficient (Wildman–Crippen LogP) is 0.968. The van der Waals surface area contributed by atoms with Gasteiger partial charge in [0.05, 0.1) is 0 Å². The molecule has 0 bridgehead atoms. The summed E-state index contributed by atoms with van der Waals surface area (Å²) in [6.07, 6.45) is 0. The van der Waals surface area contributed by atoms with Crippen LogP contribution in [0.4, 0.5) is 0 Å². The molecule has 0 aliphatic heterocycles. The summed E-state index contributed by atoms with van der Waals surface area (Å²) in [5.41, 5.74) is 5.29. The molecule has 0 saturated heterocycles. The van der Waals surface area contributed by atoms with E-state index in [1.54, 1.807) is 0 Å². The van der Waals surface area contributed by atoms with Crippen LogP contribution in [0, 0.1) is 0 Å². The SMILES string of the molecule is CNCCSSCCN.Cl. The molecule has 0 saturated carbocycles. The van der Waals surface area contributed by atoms with E-state index in [0.717, 1.165) is 18.8 Å². The highest BCUT2D eigenvalue weighted by atomic mass is 35.5. The van der Waals surface area contributed by atoms with Crippen molar-refractivity contribution in [2.75, 3.05) is 31.6 Å². The number of rotatable bonds is 6. The van der Waals surface area contributed by atoms with Gasteiger partial charge in [0.25, 0.3) is 0 Å². The molecular formula is C5H15ClN2S2. The summed E-state index contributed by atoms with van der Waals surface area (Å²) in [6.45, 7) is 1.87. The molecule has 0 unspecified atom stereocenters. The normalized spacial score (nSPS) is 9.00. The highest BCUT2D eigenvalue weighted by Gasteiger charge is 1.85. The molecule has 0 radical (unpaired) electrons. The summed E-state index contributed by atoms with van der Waals surface area (Å²) >= 11 is 0. The van der Waals surface area contributed by atoms with Crippen molar-refractivity contribution < 1.29 is 0 Å². The van der Waals surface area contributed by atoms with Gasteiger partial charge in [-0.1, -0.05) is 21.6 Å². The zero-order chi connectivity index (χ0) is 6.95. The van der Waals surface area contributed by atoms with Gasteiger partial charge in [-0.05, 0) is 7.05 Å². The molecule has 2 nitrogen and oxygen atoms in total. The van der Waals surface area contributed by atoms with Gasteiger partial charge in [0.15, 0.2) is 0 Å². The minimum atomic E-state index is 0. The first-order chi connectivity index (χ1) is 4.41. The summed E-state index contributed by atoms with van der Waals surface area (Å²) in [5, 5.41) is 3.08. The van der Waals surface area contributed by atoms with Gasteiger partial charge < -0.3 is 11.1 Å². The van der Waals surface area contributed by atoms with Crippen LogP contribution in [-0.4, -0.2) is 31.6 Å². The summed E-state index contributed by atoms with van der Waals surface area (Å²) in [7, 11) is 5.69. The summed E-state index contributed by atoms with van der Waals surface area (Å²) in [6, 6.07) is 0. The Morgan fingerprint density at radius 2 is 1.90 bits per heavy atom. The minimum absolute atomic E-state index is 0. The lowest BCUT2D eigenvalue weighted by Crippen LogP contribution is -2.09. The first kappa shape index (κ1) is 13.5. The largest absolute Gasteiger partial charge is 0.330 e. The third kappa shape index (κ3) is 11.7. The molecule has 0 aliphatic rings. The number of hydrogen-bond acceptors (Lipinski definition) is 4. The van der Waals surface area contributed by atoms with E-state index in [0.29, 0.717) is 0 Å². The Morgan fingerprint density at radius 3 is 2.40 bits per heavy atom. The Labute approximate surface area is 76.9 Å². The first-order valence-corrected chi connectivity index (χ1v) is 5.49. The van der Waals surface area contributed by atoms with E-state index in [9.17, 15) is 0 Å². The molecule has 10 heavy (non-hydrogen) atoms. The van der Waals surface area contributed by atoms with Crippen LogP contribution in [0.5, 0.6) is 0 Å². The van der Waals surface area contributed by atoms with Gasteiger partial charge in [-0.25, -0.2) is 0 Å². The van der Waals surface area contributed by atoms with E-state index in [-0.39, 0.29) is 12.4 Å². The molecule has 0 aromatic carbocycles. The van der Waals surface area contributed by atoms with Crippen molar-refractivity contribution in [3.05, 3.63) is 0 Å². The van der Waals surface area contributed by atoms with Crippen LogP contribution in [0.2, 0.25) is 0 Å². The fraction of sp³-hybridized carbons (Fsp3) is 1.00. The van der Waals surface area contributed by atoms with E-state index >= 15 is 0 Å². The van der Waals surface area contributed by atoms with Crippen molar-refractivity contribution in [1.29, 1.82) is 0 Å². The van der Waals surface area contributed by atoms with E-state index in [4.69, 9.17) is 5.73 Å². The molecule has 0 amide bonds. The van der Waals surface area contributed by atoms with Crippen LogP contribution in [0.1, 0.15) is 0 Å². The molecule has 0 rings (SSSR count). The van der Waals surface area contributed by atoms with E-state index in [1.165, 1.54) is 5.75 Å². The lowest BCUT2D eigenvalue weighted by Gasteiger charge is -1.97. The van der Waals surface area contributed by atoms with Crippen LogP contribution < -0.4 is 11.1 Å². The summed E-state index contributed by atoms with van der Waals surface area (Å²) in [4.78, 5) is 0. The Morgan fingerprint density at radius 1 is 1.30 bits per heavy atom. The van der Waals surface area contributed by atoms with Crippen molar-refractivity contribution >= 4 is 34.0 Å². The Balaban J connectivity index is 0. The first-order valence-electron chi connectivity index (χ1n) is 3.01. The highest BCUT2D eigenvalue weighted by molar-refractivity contribution is 8.76. The molecule has 5 heteroatoms. The second-order valence-electron chi connectivity index (χ2n) is 1.54. The van der Waals surface area contributed by atoms with Crippen molar-refractivity contribution in [2.24, 2.45) is 5.73 Å². The fourth-order valence-electron chi connectivity index (χ4n) is 0.310. The second-order valence-corrected chi connectivity index (χ2v) is 4.24. The van der Waals surface area contributed by atoms with Crippen LogP contribution in [-0.2, 0) is 0 Å². The van der Waals surface area contributed by atoms with E-state index < -0.39 is 0 Å². The lowest BCUT2D eigenvalue weighted by atomic mass is 10.8. The fourth-order valence-corrected chi connectivity index (χ4v) is 2.17. The predicted molar refractivity (Wildman–Crippen MR) is 55.1 cm³/mol. The molecule has 0 aliphatic carbocycles. The third-order valence-electron chi connectivity index (χ3n) is 0.720. The molecular weight excluding hydrogens is 188 g/mol. The smallest absolute Gasteiger partial charge is 0.0162 e. The van der Waals surface area contributed by atoms with Crippen molar-refractivity contribution in [1.82, 2.24) is 5.32 Å². The monoisotopic (exact) mass is 202 g/mol. The Hall–Kier alpha value is 0.910. The molecule has 0 aromatic heterocycles. The standard InChI is InChI=1S/C5H14N2S2.ClH/c1-7-3-5-9-8-4-2-6;/h7H,2-6H2,1H3;1H. The van der Waals surface area contributed by atoms with Crippen molar-refractivity contribution in [2.45, 2.75) is 0 Å². The number of halogens is 1. The number of hydrogen-bond donors (Lipinski definition) is 2. The van der Waals surface area contributed by atoms with Gasteiger partial charge in [-0.15, -0.1) is 12.4 Å². The van der Waals surface area contributed by atoms with Gasteiger partial charge >= 0.3 is 0 Å². The summed E-state index contributed by atoms with van der Waals surface area (Å²) < 4.78 is 0. The second kappa shape index (κ2) is 12.6. The highest BCUT2D eigenvalue weighted by Crippen LogP contribution is 2.18. The quantitative estimate of drug-likeness (QED) is 0.498. The third-order valence-corrected chi connectivity index (χ3v) is 3.16. The maximum absolute atomic E-state index is 5.29. The van der Waals surface area contributed by atoms with Crippen LogP contribution in [0.15, 0.2) is 0 Å². The molecule has 0 atom stereocenters. The molecule has 0 fully saturated rings. The molecule has 0 aromatic rings. The zero-order valence-electron chi connectivity index (χ0n) is 6.13. The maximum Gasteiger partial charge on any atom is 0.0162 e. The van der Waals surface area contributed by atoms with Gasteiger partial charge in [-0.3, -0.25) is 0 Å². The zero-order valence-corrected chi connectivity index (χ0v) is 8.58. The van der Waals surface area contributed by atoms with E-state index in [1.807, 2.05) is 28.6 Å². The van der Waals surface area contributed by atoms with Gasteiger partial charge in [0.2, 0.25) is 0 Å². The summed E-state index contributed by atoms with van der Waals surface area (Å²) in [5.74, 6) is 2.23. The lowest BCUT2D eigenvalue weighted by molar-refractivity contribution is 0.873. The molecule has 64 valence electrons. The number of nitrogens with one attached hydrogen (secondary N) is 1. The maximum atomic E-state index is 5.29. The van der Waals surface area contributed by atoms with Crippen LogP contribution in [0.25, 0.3) is 0 Å². The molecule has 3 N–H and O–H groups in total. The Bertz CT molecular complexity index is 50.9. The molecule has 0 spiro atoms. The Kier molecular flexibility index (Phi) is 17.0. The topological polar surface area (TPSA) is 38.0 Å². The minimum Gasteiger partial charge on any atom is -0.330 e. The van der Waals surface area contributed by atoms with Crippen LogP contribution >= 0.6 is 34.0 Å². The van der Waals surface area contributed by atoms with E-state index in [2.05, 4.69) is 5.32 Å². The molecule has 0 heterocycles. The van der Waals surface area contributed by atoms with Gasteiger partial charge in [0.1, 0.15) is 0 Å². The van der Waals surface area contributed by atoms with Crippen molar-refractivity contribution in [3.8, 4) is 0 Å². The average molecular weight is 203 g/mol. The number of nitrogens with two attached hydrogens (primary N) is 1. The van der Waals surface area contributed by atoms with Gasteiger partial charge in [-0.2, -0.15) is 0 Å². The van der Waals surface area contributed by atoms with Gasteiger partial charge in [0, 0.05) is 24.6 Å².